The average Bonchev–Trinajstić information content (AvgIpc) is 2.47. The summed E-state index contributed by atoms with van der Waals surface area (Å²) < 4.78 is 5.11. The summed E-state index contributed by atoms with van der Waals surface area (Å²) in [6.45, 7) is 2.86. The number of ether oxygens (including phenoxy) is 1. The van der Waals surface area contributed by atoms with E-state index in [0.717, 1.165) is 44.9 Å². The molecule has 1 saturated heterocycles. The van der Waals surface area contributed by atoms with Gasteiger partial charge in [-0.15, -0.1) is 0 Å². The lowest BCUT2D eigenvalue weighted by Gasteiger charge is -2.37. The molecule has 0 spiro atoms. The second kappa shape index (κ2) is 7.07. The van der Waals surface area contributed by atoms with E-state index in [-0.39, 0.29) is 29.9 Å². The van der Waals surface area contributed by atoms with E-state index in [1.807, 2.05) is 0 Å². The van der Waals surface area contributed by atoms with Crippen LogP contribution in [0, 0.1) is 5.92 Å². The lowest BCUT2D eigenvalue weighted by Crippen LogP contribution is -2.51. The van der Waals surface area contributed by atoms with Gasteiger partial charge in [0.1, 0.15) is 6.04 Å². The van der Waals surface area contributed by atoms with Crippen molar-refractivity contribution in [2.75, 3.05) is 13.2 Å². The van der Waals surface area contributed by atoms with Gasteiger partial charge in [0.15, 0.2) is 0 Å². The van der Waals surface area contributed by atoms with Gasteiger partial charge in [0.25, 0.3) is 0 Å². The zero-order valence-corrected chi connectivity index (χ0v) is 12.3. The molecule has 1 aliphatic heterocycles. The minimum atomic E-state index is -0.369. The number of esters is 1. The first-order chi connectivity index (χ1) is 9.63. The Morgan fingerprint density at radius 3 is 2.50 bits per heavy atom. The Kier molecular flexibility index (Phi) is 5.40. The normalized spacial score (nSPS) is 30.9. The second-order valence-corrected chi connectivity index (χ2v) is 5.91. The Morgan fingerprint density at radius 2 is 1.85 bits per heavy atom. The van der Waals surface area contributed by atoms with Gasteiger partial charge >= 0.3 is 5.97 Å². The van der Waals surface area contributed by atoms with Crippen molar-refractivity contribution in [1.29, 1.82) is 0 Å². The van der Waals surface area contributed by atoms with Crippen LogP contribution in [0.25, 0.3) is 0 Å². The molecule has 0 radical (unpaired) electrons. The standard InChI is InChI=1S/C15H26N2O3/c1-2-20-15(19)13-5-3-4-10-17(13)14(18)11-6-8-12(16)9-7-11/h11-13H,2-10,16H2,1H3. The predicted molar refractivity (Wildman–Crippen MR) is 75.9 cm³/mol. The maximum absolute atomic E-state index is 12.7. The minimum absolute atomic E-state index is 0.0461. The van der Waals surface area contributed by atoms with Crippen molar-refractivity contribution in [3.8, 4) is 0 Å². The Hall–Kier alpha value is -1.10. The summed E-state index contributed by atoms with van der Waals surface area (Å²) in [5.41, 5.74) is 5.89. The highest BCUT2D eigenvalue weighted by molar-refractivity contribution is 5.86. The van der Waals surface area contributed by atoms with Gasteiger partial charge in [-0.1, -0.05) is 0 Å². The first-order valence-electron chi connectivity index (χ1n) is 7.86. The number of rotatable bonds is 3. The number of carbonyl (C=O) groups is 2. The van der Waals surface area contributed by atoms with Gasteiger partial charge in [0.2, 0.25) is 5.91 Å². The zero-order valence-electron chi connectivity index (χ0n) is 12.3. The van der Waals surface area contributed by atoms with Crippen LogP contribution in [0.4, 0.5) is 0 Å². The third-order valence-electron chi connectivity index (χ3n) is 4.47. The molecule has 1 saturated carbocycles. The molecule has 0 aromatic heterocycles. The monoisotopic (exact) mass is 282 g/mol. The molecular formula is C15H26N2O3. The van der Waals surface area contributed by atoms with Crippen LogP contribution in [0.1, 0.15) is 51.9 Å². The fourth-order valence-electron chi connectivity index (χ4n) is 3.28. The largest absolute Gasteiger partial charge is 0.464 e. The first-order valence-corrected chi connectivity index (χ1v) is 7.86. The Morgan fingerprint density at radius 1 is 1.15 bits per heavy atom. The van der Waals surface area contributed by atoms with Gasteiger partial charge < -0.3 is 15.4 Å². The molecule has 1 heterocycles. The van der Waals surface area contributed by atoms with Gasteiger partial charge in [-0.2, -0.15) is 0 Å². The van der Waals surface area contributed by atoms with Crippen molar-refractivity contribution < 1.29 is 14.3 Å². The van der Waals surface area contributed by atoms with Gasteiger partial charge in [-0.25, -0.2) is 4.79 Å². The first kappa shape index (κ1) is 15.3. The highest BCUT2D eigenvalue weighted by atomic mass is 16.5. The van der Waals surface area contributed by atoms with Gasteiger partial charge in [-0.05, 0) is 51.9 Å². The van der Waals surface area contributed by atoms with Crippen molar-refractivity contribution in [3.05, 3.63) is 0 Å². The maximum Gasteiger partial charge on any atom is 0.328 e. The summed E-state index contributed by atoms with van der Waals surface area (Å²) in [4.78, 5) is 26.4. The van der Waals surface area contributed by atoms with Crippen molar-refractivity contribution in [2.24, 2.45) is 11.7 Å². The van der Waals surface area contributed by atoms with Crippen molar-refractivity contribution in [3.63, 3.8) is 0 Å². The molecule has 0 aromatic rings. The molecule has 20 heavy (non-hydrogen) atoms. The molecule has 0 bridgehead atoms. The van der Waals surface area contributed by atoms with Gasteiger partial charge in [-0.3, -0.25) is 4.79 Å². The Balaban J connectivity index is 1.99. The summed E-state index contributed by atoms with van der Waals surface area (Å²) in [6, 6.07) is -0.131. The molecule has 1 unspecified atom stereocenters. The minimum Gasteiger partial charge on any atom is -0.464 e. The molecule has 5 heteroatoms. The lowest BCUT2D eigenvalue weighted by atomic mass is 9.84. The molecule has 2 N–H and O–H groups in total. The Labute approximate surface area is 120 Å². The van der Waals surface area contributed by atoms with Crippen molar-refractivity contribution in [1.82, 2.24) is 4.90 Å². The fraction of sp³-hybridized carbons (Fsp3) is 0.867. The van der Waals surface area contributed by atoms with Crippen LogP contribution in [0.3, 0.4) is 0 Å². The number of hydrogen-bond acceptors (Lipinski definition) is 4. The number of carbonyl (C=O) groups excluding carboxylic acids is 2. The summed E-state index contributed by atoms with van der Waals surface area (Å²) in [6.07, 6.45) is 6.23. The summed E-state index contributed by atoms with van der Waals surface area (Å²) in [5.74, 6) is -0.0625. The number of nitrogens with two attached hydrogens (primary N) is 1. The highest BCUT2D eigenvalue weighted by Crippen LogP contribution is 2.28. The van der Waals surface area contributed by atoms with Gasteiger partial charge in [0.05, 0.1) is 6.61 Å². The number of nitrogens with zero attached hydrogens (tertiary/aromatic N) is 1. The number of amides is 1. The third-order valence-corrected chi connectivity index (χ3v) is 4.47. The van der Waals surface area contributed by atoms with Crippen LogP contribution >= 0.6 is 0 Å². The smallest absolute Gasteiger partial charge is 0.328 e. The molecule has 5 nitrogen and oxygen atoms in total. The van der Waals surface area contributed by atoms with Gasteiger partial charge in [0, 0.05) is 18.5 Å². The van der Waals surface area contributed by atoms with Crippen LogP contribution in [-0.2, 0) is 14.3 Å². The number of likely N-dealkylation sites (tertiary alicyclic amines) is 1. The van der Waals surface area contributed by atoms with E-state index in [1.54, 1.807) is 11.8 Å². The molecule has 0 aromatic carbocycles. The predicted octanol–water partition coefficient (Wildman–Crippen LogP) is 1.45. The van der Waals surface area contributed by atoms with E-state index < -0.39 is 0 Å². The van der Waals surface area contributed by atoms with Crippen LogP contribution in [0.5, 0.6) is 0 Å². The van der Waals surface area contributed by atoms with E-state index in [2.05, 4.69) is 0 Å². The van der Waals surface area contributed by atoms with Crippen LogP contribution in [0.2, 0.25) is 0 Å². The quantitative estimate of drug-likeness (QED) is 0.795. The molecule has 114 valence electrons. The maximum atomic E-state index is 12.7. The van der Waals surface area contributed by atoms with E-state index >= 15 is 0 Å². The third kappa shape index (κ3) is 3.51. The fourth-order valence-corrected chi connectivity index (χ4v) is 3.28. The summed E-state index contributed by atoms with van der Waals surface area (Å²) >= 11 is 0. The SMILES string of the molecule is CCOC(=O)C1CCCCN1C(=O)C1CCC(N)CC1. The van der Waals surface area contributed by atoms with Crippen molar-refractivity contribution >= 4 is 11.9 Å². The highest BCUT2D eigenvalue weighted by Gasteiger charge is 2.37. The second-order valence-electron chi connectivity index (χ2n) is 5.91. The lowest BCUT2D eigenvalue weighted by molar-refractivity contribution is -0.158. The summed E-state index contributed by atoms with van der Waals surface area (Å²) in [7, 11) is 0. The van der Waals surface area contributed by atoms with Crippen LogP contribution in [0.15, 0.2) is 0 Å². The topological polar surface area (TPSA) is 72.6 Å². The summed E-state index contributed by atoms with van der Waals surface area (Å²) in [5, 5.41) is 0. The molecule has 2 rings (SSSR count). The molecule has 1 atom stereocenters. The molecule has 2 aliphatic rings. The van der Waals surface area contributed by atoms with Crippen LogP contribution in [-0.4, -0.2) is 42.0 Å². The van der Waals surface area contributed by atoms with E-state index in [1.165, 1.54) is 0 Å². The molecule has 2 fully saturated rings. The number of hydrogen-bond donors (Lipinski definition) is 1. The van der Waals surface area contributed by atoms with E-state index in [0.29, 0.717) is 13.2 Å². The van der Waals surface area contributed by atoms with Crippen molar-refractivity contribution in [2.45, 2.75) is 64.0 Å². The molecular weight excluding hydrogens is 256 g/mol. The van der Waals surface area contributed by atoms with E-state index in [4.69, 9.17) is 10.5 Å². The van der Waals surface area contributed by atoms with Crippen LogP contribution < -0.4 is 5.73 Å². The Bertz CT molecular complexity index is 351. The van der Waals surface area contributed by atoms with E-state index in [9.17, 15) is 9.59 Å². The molecule has 1 aliphatic carbocycles. The number of piperidine rings is 1. The zero-order chi connectivity index (χ0) is 14.5. The average molecular weight is 282 g/mol. The molecule has 1 amide bonds.